The fraction of sp³-hybridized carbons (Fsp3) is 0.667. The van der Waals surface area contributed by atoms with Crippen LogP contribution in [0.3, 0.4) is 0 Å². The Morgan fingerprint density at radius 2 is 1.94 bits per heavy atom. The van der Waals surface area contributed by atoms with Crippen LogP contribution in [0.15, 0.2) is 12.4 Å². The number of fused-ring (bicyclic) bond motifs is 2. The summed E-state index contributed by atoms with van der Waals surface area (Å²) >= 11 is 0. The average Bonchev–Trinajstić information content (AvgIpc) is 2.75. The first-order valence-electron chi connectivity index (χ1n) is 6.24. The molecule has 0 aromatic carbocycles. The van der Waals surface area contributed by atoms with Crippen LogP contribution in [0.5, 0.6) is 0 Å². The summed E-state index contributed by atoms with van der Waals surface area (Å²) in [5.74, 6) is 0.264. The van der Waals surface area contributed by atoms with Gasteiger partial charge >= 0.3 is 0 Å². The first-order chi connectivity index (χ1) is 8.50. The van der Waals surface area contributed by atoms with Gasteiger partial charge in [0.25, 0.3) is 0 Å². The molecule has 6 heteroatoms. The Labute approximate surface area is 106 Å². The number of carbonyl (C=O) groups is 1. The molecule has 2 aliphatic rings. The van der Waals surface area contributed by atoms with Crippen molar-refractivity contribution >= 4 is 15.6 Å². The van der Waals surface area contributed by atoms with E-state index in [0.29, 0.717) is 18.7 Å². The molecule has 2 atom stereocenters. The molecule has 1 aromatic rings. The second kappa shape index (κ2) is 3.91. The predicted octanol–water partition coefficient (Wildman–Crippen LogP) is 0.959. The summed E-state index contributed by atoms with van der Waals surface area (Å²) < 4.78 is 25.6. The van der Waals surface area contributed by atoms with E-state index in [4.69, 9.17) is 0 Å². The normalized spacial score (nSPS) is 33.5. The van der Waals surface area contributed by atoms with E-state index in [0.717, 1.165) is 12.8 Å². The molecule has 0 radical (unpaired) electrons. The van der Waals surface area contributed by atoms with Gasteiger partial charge in [0.05, 0.1) is 10.5 Å². The van der Waals surface area contributed by atoms with Gasteiger partial charge in [-0.25, -0.2) is 13.4 Å². The molecule has 0 aliphatic carbocycles. The zero-order chi connectivity index (χ0) is 12.9. The topological polar surface area (TPSA) is 69.0 Å². The summed E-state index contributed by atoms with van der Waals surface area (Å²) in [6, 6.07) is 0. The Kier molecular flexibility index (Phi) is 2.59. The van der Waals surface area contributed by atoms with Gasteiger partial charge in [-0.1, -0.05) is 0 Å². The molecule has 2 fully saturated rings. The predicted molar refractivity (Wildman–Crippen MR) is 66.0 cm³/mol. The summed E-state index contributed by atoms with van der Waals surface area (Å²) in [4.78, 5) is 16.4. The van der Waals surface area contributed by atoms with E-state index in [1.165, 1.54) is 0 Å². The first kappa shape index (κ1) is 11.9. The van der Waals surface area contributed by atoms with Crippen molar-refractivity contribution in [2.24, 2.45) is 13.0 Å². The zero-order valence-corrected chi connectivity index (χ0v) is 11.1. The first-order valence-corrected chi connectivity index (χ1v) is 7.85. The molecule has 2 aliphatic heterocycles. The number of carbonyl (C=O) groups excluding carboxylic acids is 1. The zero-order valence-electron chi connectivity index (χ0n) is 10.2. The average molecular weight is 268 g/mol. The van der Waals surface area contributed by atoms with E-state index in [9.17, 15) is 13.2 Å². The van der Waals surface area contributed by atoms with Gasteiger partial charge < -0.3 is 4.57 Å². The fourth-order valence-electron chi connectivity index (χ4n) is 3.21. The summed E-state index contributed by atoms with van der Waals surface area (Å²) in [5.41, 5.74) is 0. The Morgan fingerprint density at radius 1 is 1.33 bits per heavy atom. The van der Waals surface area contributed by atoms with Crippen LogP contribution in [-0.4, -0.2) is 34.3 Å². The maximum absolute atomic E-state index is 12.3. The van der Waals surface area contributed by atoms with Crippen molar-refractivity contribution in [2.75, 3.05) is 0 Å². The second-order valence-electron chi connectivity index (χ2n) is 5.30. The van der Waals surface area contributed by atoms with Crippen LogP contribution in [0.25, 0.3) is 0 Å². The molecule has 1 aromatic heterocycles. The van der Waals surface area contributed by atoms with E-state index < -0.39 is 9.84 Å². The lowest BCUT2D eigenvalue weighted by molar-refractivity contribution is 0.0891. The third-order valence-electron chi connectivity index (χ3n) is 4.25. The number of rotatable bonds is 2. The van der Waals surface area contributed by atoms with Crippen LogP contribution in [0, 0.1) is 5.92 Å². The lowest BCUT2D eigenvalue weighted by Crippen LogP contribution is -2.36. The maximum atomic E-state index is 12.3. The molecule has 0 spiro atoms. The number of ketones is 1. The lowest BCUT2D eigenvalue weighted by atomic mass is 9.94. The Balaban J connectivity index is 1.85. The van der Waals surface area contributed by atoms with Crippen LogP contribution in [0.4, 0.5) is 0 Å². The van der Waals surface area contributed by atoms with E-state index in [2.05, 4.69) is 4.98 Å². The van der Waals surface area contributed by atoms with Gasteiger partial charge in [0, 0.05) is 25.4 Å². The number of hydrogen-bond acceptors (Lipinski definition) is 4. The summed E-state index contributed by atoms with van der Waals surface area (Å²) in [7, 11) is -1.17. The Morgan fingerprint density at radius 3 is 2.44 bits per heavy atom. The number of imidazole rings is 1. The molecule has 5 nitrogen and oxygen atoms in total. The SMILES string of the molecule is Cn1ccnc1C(=O)C1CC2CCC(C1)S2(=O)=O. The molecule has 18 heavy (non-hydrogen) atoms. The fourth-order valence-corrected chi connectivity index (χ4v) is 5.68. The summed E-state index contributed by atoms with van der Waals surface area (Å²) in [6.45, 7) is 0. The van der Waals surface area contributed by atoms with Gasteiger partial charge in [0.2, 0.25) is 5.78 Å². The second-order valence-corrected chi connectivity index (χ2v) is 7.82. The molecule has 0 saturated carbocycles. The Bertz CT molecular complexity index is 570. The van der Waals surface area contributed by atoms with E-state index in [1.807, 2.05) is 0 Å². The van der Waals surface area contributed by atoms with Crippen LogP contribution in [0.2, 0.25) is 0 Å². The number of nitrogens with zero attached hydrogens (tertiary/aromatic N) is 2. The molecule has 0 amide bonds. The minimum Gasteiger partial charge on any atom is -0.332 e. The molecular weight excluding hydrogens is 252 g/mol. The van der Waals surface area contributed by atoms with Crippen molar-refractivity contribution in [3.63, 3.8) is 0 Å². The number of aryl methyl sites for hydroxylation is 1. The third-order valence-corrected chi connectivity index (χ3v) is 6.96. The van der Waals surface area contributed by atoms with Crippen LogP contribution in [0.1, 0.15) is 36.3 Å². The standard InChI is InChI=1S/C12H16N2O3S/c1-14-5-4-13-12(14)11(15)8-6-9-2-3-10(7-8)18(9,16)17/h4-5,8-10H,2-3,6-7H2,1H3. The quantitative estimate of drug-likeness (QED) is 0.749. The van der Waals surface area contributed by atoms with Gasteiger partial charge in [0.1, 0.15) is 0 Å². The van der Waals surface area contributed by atoms with Gasteiger partial charge in [-0.3, -0.25) is 4.79 Å². The van der Waals surface area contributed by atoms with Crippen molar-refractivity contribution in [1.29, 1.82) is 0 Å². The van der Waals surface area contributed by atoms with E-state index >= 15 is 0 Å². The van der Waals surface area contributed by atoms with Crippen molar-refractivity contribution < 1.29 is 13.2 Å². The largest absolute Gasteiger partial charge is 0.332 e. The minimum atomic E-state index is -2.95. The highest BCUT2D eigenvalue weighted by Gasteiger charge is 2.48. The molecule has 3 heterocycles. The number of sulfone groups is 1. The van der Waals surface area contributed by atoms with Gasteiger partial charge in [-0.05, 0) is 25.7 Å². The monoisotopic (exact) mass is 268 g/mol. The minimum absolute atomic E-state index is 0.00528. The highest BCUT2D eigenvalue weighted by molar-refractivity contribution is 7.93. The van der Waals surface area contributed by atoms with E-state index in [-0.39, 0.29) is 22.2 Å². The molecule has 3 rings (SSSR count). The Hall–Kier alpha value is -1.17. The summed E-state index contributed by atoms with van der Waals surface area (Å²) in [6.07, 6.45) is 5.73. The van der Waals surface area contributed by atoms with Crippen LogP contribution in [-0.2, 0) is 16.9 Å². The van der Waals surface area contributed by atoms with Gasteiger partial charge in [-0.2, -0.15) is 0 Å². The molecule has 2 bridgehead atoms. The highest BCUT2D eigenvalue weighted by atomic mass is 32.2. The van der Waals surface area contributed by atoms with Gasteiger partial charge in [0.15, 0.2) is 15.7 Å². The van der Waals surface area contributed by atoms with Crippen molar-refractivity contribution in [3.05, 3.63) is 18.2 Å². The molecular formula is C12H16N2O3S. The number of hydrogen-bond donors (Lipinski definition) is 0. The number of Topliss-reactive ketones (excluding diaryl/α,β-unsaturated/α-hetero) is 1. The smallest absolute Gasteiger partial charge is 0.201 e. The van der Waals surface area contributed by atoms with Crippen LogP contribution < -0.4 is 0 Å². The van der Waals surface area contributed by atoms with Crippen molar-refractivity contribution in [3.8, 4) is 0 Å². The molecule has 0 N–H and O–H groups in total. The molecule has 2 saturated heterocycles. The van der Waals surface area contributed by atoms with Crippen LogP contribution >= 0.6 is 0 Å². The van der Waals surface area contributed by atoms with E-state index in [1.54, 1.807) is 24.0 Å². The molecule has 2 unspecified atom stereocenters. The lowest BCUT2D eigenvalue weighted by Gasteiger charge is -2.26. The maximum Gasteiger partial charge on any atom is 0.201 e. The summed E-state index contributed by atoms with van der Waals surface area (Å²) in [5, 5.41) is -0.601. The number of aromatic nitrogens is 2. The van der Waals surface area contributed by atoms with Gasteiger partial charge in [-0.15, -0.1) is 0 Å². The highest BCUT2D eigenvalue weighted by Crippen LogP contribution is 2.41. The third kappa shape index (κ3) is 1.62. The molecule has 98 valence electrons. The van der Waals surface area contributed by atoms with Crippen molar-refractivity contribution in [1.82, 2.24) is 9.55 Å². The van der Waals surface area contributed by atoms with Crippen molar-refractivity contribution in [2.45, 2.75) is 36.2 Å².